The molecule has 0 aliphatic carbocycles. The van der Waals surface area contributed by atoms with Gasteiger partial charge in [-0.15, -0.1) is 4.99 Å². The second kappa shape index (κ2) is 16.1. The van der Waals surface area contributed by atoms with Gasteiger partial charge in [-0.2, -0.15) is 0 Å². The van der Waals surface area contributed by atoms with Crippen molar-refractivity contribution in [2.45, 2.75) is 33.3 Å². The minimum Gasteiger partial charge on any atom is -0.493 e. The van der Waals surface area contributed by atoms with E-state index in [9.17, 15) is 14.4 Å². The summed E-state index contributed by atoms with van der Waals surface area (Å²) in [5, 5.41) is 8.52. The van der Waals surface area contributed by atoms with Crippen molar-refractivity contribution in [1.82, 2.24) is 5.32 Å². The lowest BCUT2D eigenvalue weighted by atomic mass is 10.1. The zero-order valence-electron chi connectivity index (χ0n) is 28.5. The summed E-state index contributed by atoms with van der Waals surface area (Å²) in [6, 6.07) is 25.3. The van der Waals surface area contributed by atoms with E-state index in [1.807, 2.05) is 61.5 Å². The van der Waals surface area contributed by atoms with Crippen LogP contribution in [0.2, 0.25) is 0 Å². The van der Waals surface area contributed by atoms with Gasteiger partial charge in [-0.3, -0.25) is 14.9 Å². The van der Waals surface area contributed by atoms with Gasteiger partial charge >= 0.3 is 6.09 Å². The number of guanidine groups is 1. The average molecular weight is 665 g/mol. The van der Waals surface area contributed by atoms with Crippen LogP contribution in [0, 0.1) is 6.92 Å². The quantitative estimate of drug-likeness (QED) is 0.0947. The first-order valence-corrected chi connectivity index (χ1v) is 15.3. The van der Waals surface area contributed by atoms with E-state index >= 15 is 0 Å². The van der Waals surface area contributed by atoms with Crippen molar-refractivity contribution in [1.29, 1.82) is 0 Å². The number of ether oxygens (including phenoxy) is 4. The third-order valence-corrected chi connectivity index (χ3v) is 6.94. The number of nitrogens with one attached hydrogen (secondary N) is 3. The SMILES string of the molecule is COc1cc(C(=O)N/C(=N\C(=O)OC(C)(C)C)Nc2ccc(C)c(NC(=O)c3ccc(/C=C/c4ccccc4)cc3)c2)cc(OC)c1OC. The normalized spacial score (nSPS) is 11.4. The van der Waals surface area contributed by atoms with Crippen molar-refractivity contribution >= 4 is 47.4 Å². The number of methoxy groups -OCH3 is 3. The fraction of sp³-hybridized carbons (Fsp3) is 0.211. The van der Waals surface area contributed by atoms with Crippen molar-refractivity contribution in [2.75, 3.05) is 32.0 Å². The van der Waals surface area contributed by atoms with Crippen molar-refractivity contribution in [3.8, 4) is 17.2 Å². The molecule has 0 fully saturated rings. The maximum atomic E-state index is 13.4. The molecule has 0 radical (unpaired) electrons. The summed E-state index contributed by atoms with van der Waals surface area (Å²) in [7, 11) is 4.32. The van der Waals surface area contributed by atoms with Gasteiger partial charge in [0.05, 0.1) is 21.3 Å². The fourth-order valence-electron chi connectivity index (χ4n) is 4.52. The largest absolute Gasteiger partial charge is 0.493 e. The van der Waals surface area contributed by atoms with Crippen molar-refractivity contribution < 1.29 is 33.3 Å². The Morgan fingerprint density at radius 3 is 1.88 bits per heavy atom. The molecule has 49 heavy (non-hydrogen) atoms. The zero-order valence-corrected chi connectivity index (χ0v) is 28.5. The van der Waals surface area contributed by atoms with Crippen molar-refractivity contribution in [2.24, 2.45) is 4.99 Å². The number of hydrogen-bond acceptors (Lipinski definition) is 7. The number of amides is 3. The highest BCUT2D eigenvalue weighted by molar-refractivity contribution is 6.13. The fourth-order valence-corrected chi connectivity index (χ4v) is 4.52. The molecule has 254 valence electrons. The average Bonchev–Trinajstić information content (AvgIpc) is 3.07. The lowest BCUT2D eigenvalue weighted by molar-refractivity contribution is 0.0603. The van der Waals surface area contributed by atoms with Gasteiger partial charge in [0.15, 0.2) is 11.5 Å². The number of carbonyl (C=O) groups is 3. The Kier molecular flexibility index (Phi) is 11.8. The van der Waals surface area contributed by atoms with Crippen LogP contribution in [-0.4, -0.2) is 50.8 Å². The Morgan fingerprint density at radius 1 is 0.694 bits per heavy atom. The van der Waals surface area contributed by atoms with E-state index in [-0.39, 0.29) is 28.9 Å². The van der Waals surface area contributed by atoms with E-state index in [1.54, 1.807) is 51.1 Å². The molecule has 0 unspecified atom stereocenters. The molecule has 0 spiro atoms. The first-order chi connectivity index (χ1) is 23.4. The third-order valence-electron chi connectivity index (χ3n) is 6.94. The molecule has 0 bridgehead atoms. The predicted octanol–water partition coefficient (Wildman–Crippen LogP) is 7.58. The standard InChI is InChI=1S/C38H40N4O7/c1-24-13-20-29(23-30(24)40-34(43)27-18-16-26(17-19-27)15-14-25-11-9-8-10-12-25)39-36(42-37(45)49-38(2,3)4)41-35(44)28-21-31(46-5)33(48-7)32(22-28)47-6/h8-23H,1-7H3,(H,40,43)(H2,39,41,42,44,45)/b15-14+. The van der Waals surface area contributed by atoms with E-state index in [4.69, 9.17) is 18.9 Å². The zero-order chi connectivity index (χ0) is 35.6. The summed E-state index contributed by atoms with van der Waals surface area (Å²) in [6.45, 7) is 6.95. The molecule has 3 N–H and O–H groups in total. The number of hydrogen-bond donors (Lipinski definition) is 3. The van der Waals surface area contributed by atoms with Crippen LogP contribution in [0.5, 0.6) is 17.2 Å². The molecule has 0 heterocycles. The molecule has 4 aromatic rings. The lowest BCUT2D eigenvalue weighted by Gasteiger charge is -2.19. The first kappa shape index (κ1) is 35.7. The Bertz CT molecular complexity index is 1840. The van der Waals surface area contributed by atoms with Gasteiger partial charge in [-0.1, -0.05) is 60.7 Å². The van der Waals surface area contributed by atoms with Crippen LogP contribution in [-0.2, 0) is 4.74 Å². The highest BCUT2D eigenvalue weighted by atomic mass is 16.6. The third kappa shape index (κ3) is 10.2. The summed E-state index contributed by atoms with van der Waals surface area (Å²) in [6.07, 6.45) is 3.06. The maximum Gasteiger partial charge on any atom is 0.437 e. The van der Waals surface area contributed by atoms with Gasteiger partial charge < -0.3 is 29.6 Å². The van der Waals surface area contributed by atoms with E-state index in [1.165, 1.54) is 33.5 Å². The molecule has 0 atom stereocenters. The number of rotatable bonds is 9. The minimum atomic E-state index is -0.928. The highest BCUT2D eigenvalue weighted by Crippen LogP contribution is 2.38. The number of benzene rings is 4. The summed E-state index contributed by atoms with van der Waals surface area (Å²) in [5.41, 5.74) is 3.54. The molecular formula is C38H40N4O7. The highest BCUT2D eigenvalue weighted by Gasteiger charge is 2.21. The molecule has 0 saturated carbocycles. The van der Waals surface area contributed by atoms with Gasteiger partial charge in [0.2, 0.25) is 11.7 Å². The Morgan fingerprint density at radius 2 is 1.31 bits per heavy atom. The monoisotopic (exact) mass is 664 g/mol. The molecule has 0 aliphatic heterocycles. The van der Waals surface area contributed by atoms with Crippen LogP contribution in [0.4, 0.5) is 16.2 Å². The molecule has 4 rings (SSSR count). The summed E-state index contributed by atoms with van der Waals surface area (Å²) >= 11 is 0. The summed E-state index contributed by atoms with van der Waals surface area (Å²) in [5.74, 6) is -0.305. The number of nitrogens with zero attached hydrogens (tertiary/aromatic N) is 1. The molecule has 0 aliphatic rings. The van der Waals surface area contributed by atoms with Crippen LogP contribution >= 0.6 is 0 Å². The second-order valence-electron chi connectivity index (χ2n) is 11.8. The van der Waals surface area contributed by atoms with Gasteiger partial charge in [0.1, 0.15) is 5.60 Å². The number of carbonyl (C=O) groups excluding carboxylic acids is 3. The second-order valence-corrected chi connectivity index (χ2v) is 11.8. The first-order valence-electron chi connectivity index (χ1n) is 15.3. The lowest BCUT2D eigenvalue weighted by Crippen LogP contribution is -2.37. The van der Waals surface area contributed by atoms with Crippen molar-refractivity contribution in [3.63, 3.8) is 0 Å². The Balaban J connectivity index is 1.55. The van der Waals surface area contributed by atoms with Gasteiger partial charge in [0, 0.05) is 22.5 Å². The van der Waals surface area contributed by atoms with Gasteiger partial charge in [-0.25, -0.2) is 4.79 Å². The van der Waals surface area contributed by atoms with E-state index < -0.39 is 17.6 Å². The Hall–Kier alpha value is -6.10. The van der Waals surface area contributed by atoms with E-state index in [0.717, 1.165) is 16.7 Å². The molecular weight excluding hydrogens is 624 g/mol. The molecule has 11 nitrogen and oxygen atoms in total. The molecule has 11 heteroatoms. The summed E-state index contributed by atoms with van der Waals surface area (Å²) in [4.78, 5) is 43.3. The molecule has 0 aromatic heterocycles. The molecule has 4 aromatic carbocycles. The smallest absolute Gasteiger partial charge is 0.437 e. The van der Waals surface area contributed by atoms with Crippen LogP contribution in [0.3, 0.4) is 0 Å². The maximum absolute atomic E-state index is 13.4. The molecule has 0 saturated heterocycles. The van der Waals surface area contributed by atoms with Crippen LogP contribution < -0.4 is 30.2 Å². The topological polar surface area (TPSA) is 137 Å². The van der Waals surface area contributed by atoms with E-state index in [0.29, 0.717) is 22.7 Å². The number of aliphatic imine (C=N–C) groups is 1. The predicted molar refractivity (Wildman–Crippen MR) is 192 cm³/mol. The number of aryl methyl sites for hydroxylation is 1. The van der Waals surface area contributed by atoms with Crippen LogP contribution in [0.1, 0.15) is 58.2 Å². The van der Waals surface area contributed by atoms with Gasteiger partial charge in [0.25, 0.3) is 11.8 Å². The minimum absolute atomic E-state index is 0.145. The van der Waals surface area contributed by atoms with E-state index in [2.05, 4.69) is 20.9 Å². The number of anilines is 2. The van der Waals surface area contributed by atoms with Crippen molar-refractivity contribution in [3.05, 3.63) is 113 Å². The Labute approximate surface area is 286 Å². The van der Waals surface area contributed by atoms with Crippen LogP contribution in [0.25, 0.3) is 12.2 Å². The van der Waals surface area contributed by atoms with Crippen LogP contribution in [0.15, 0.2) is 89.9 Å². The molecule has 3 amide bonds. The van der Waals surface area contributed by atoms with Gasteiger partial charge in [-0.05, 0) is 80.8 Å². The summed E-state index contributed by atoms with van der Waals surface area (Å²) < 4.78 is 21.4.